The Morgan fingerprint density at radius 1 is 1.31 bits per heavy atom. The molecule has 0 bridgehead atoms. The molecule has 90 valence electrons. The summed E-state index contributed by atoms with van der Waals surface area (Å²) in [6, 6.07) is 0. The van der Waals surface area contributed by atoms with Gasteiger partial charge in [-0.2, -0.15) is 0 Å². The van der Waals surface area contributed by atoms with Gasteiger partial charge in [0.05, 0.1) is 12.6 Å². The largest absolute Gasteiger partial charge is 0.453 e. The predicted octanol–water partition coefficient (Wildman–Crippen LogP) is 3.18. The van der Waals surface area contributed by atoms with Crippen molar-refractivity contribution in [3.05, 3.63) is 12.2 Å². The van der Waals surface area contributed by atoms with E-state index >= 15 is 0 Å². The van der Waals surface area contributed by atoms with Crippen molar-refractivity contribution in [2.24, 2.45) is 0 Å². The van der Waals surface area contributed by atoms with Gasteiger partial charge in [-0.25, -0.2) is 4.79 Å². The number of hydrogen-bond acceptors (Lipinski definition) is 2. The second-order valence-corrected chi connectivity index (χ2v) is 6.82. The van der Waals surface area contributed by atoms with Crippen LogP contribution in [-0.4, -0.2) is 22.2 Å². The molecule has 0 aromatic rings. The van der Waals surface area contributed by atoms with Gasteiger partial charge in [0.15, 0.2) is 0 Å². The van der Waals surface area contributed by atoms with Crippen LogP contribution >= 0.6 is 22.6 Å². The van der Waals surface area contributed by atoms with Gasteiger partial charge in [0.2, 0.25) is 0 Å². The van der Waals surface area contributed by atoms with Gasteiger partial charge < -0.3 is 10.1 Å². The first kappa shape index (κ1) is 12.2. The Hall–Kier alpha value is -0.260. The van der Waals surface area contributed by atoms with Crippen molar-refractivity contribution in [2.75, 3.05) is 7.11 Å². The molecule has 1 amide bonds. The van der Waals surface area contributed by atoms with Gasteiger partial charge in [-0.15, -0.1) is 0 Å². The summed E-state index contributed by atoms with van der Waals surface area (Å²) in [6.07, 6.45) is 10.8. The zero-order valence-corrected chi connectivity index (χ0v) is 11.7. The average Bonchev–Trinajstić information content (AvgIpc) is 2.29. The lowest BCUT2D eigenvalue weighted by atomic mass is 9.67. The monoisotopic (exact) mass is 335 g/mol. The maximum absolute atomic E-state index is 11.5. The molecule has 1 N–H and O–H groups in total. The average molecular weight is 335 g/mol. The van der Waals surface area contributed by atoms with Crippen LogP contribution < -0.4 is 5.32 Å². The molecule has 1 fully saturated rings. The van der Waals surface area contributed by atoms with Crippen LogP contribution in [0.25, 0.3) is 0 Å². The molecule has 2 aliphatic carbocycles. The van der Waals surface area contributed by atoms with Crippen LogP contribution in [0.5, 0.6) is 0 Å². The molecule has 2 rings (SSSR count). The number of rotatable bonds is 1. The predicted molar refractivity (Wildman–Crippen MR) is 71.9 cm³/mol. The summed E-state index contributed by atoms with van der Waals surface area (Å²) in [6.45, 7) is 0. The fourth-order valence-electron chi connectivity index (χ4n) is 2.90. The number of alkyl carbamates (subject to hydrolysis) is 1. The molecule has 0 unspecified atom stereocenters. The number of carbonyl (C=O) groups is 1. The van der Waals surface area contributed by atoms with Crippen LogP contribution in [0.2, 0.25) is 0 Å². The summed E-state index contributed by atoms with van der Waals surface area (Å²) in [5, 5.41) is 3.10. The van der Waals surface area contributed by atoms with E-state index in [1.54, 1.807) is 0 Å². The first-order valence-electron chi connectivity index (χ1n) is 5.82. The fraction of sp³-hybridized carbons (Fsp3) is 0.750. The first-order chi connectivity index (χ1) is 7.62. The van der Waals surface area contributed by atoms with Crippen molar-refractivity contribution in [1.82, 2.24) is 5.32 Å². The highest BCUT2D eigenvalue weighted by Crippen LogP contribution is 2.50. The lowest BCUT2D eigenvalue weighted by Crippen LogP contribution is -2.63. The Labute approximate surface area is 110 Å². The van der Waals surface area contributed by atoms with Crippen molar-refractivity contribution in [3.8, 4) is 0 Å². The summed E-state index contributed by atoms with van der Waals surface area (Å²) in [7, 11) is 1.43. The third kappa shape index (κ3) is 1.96. The van der Waals surface area contributed by atoms with Crippen LogP contribution in [-0.2, 0) is 4.74 Å². The molecule has 0 radical (unpaired) electrons. The van der Waals surface area contributed by atoms with Gasteiger partial charge in [-0.3, -0.25) is 0 Å². The van der Waals surface area contributed by atoms with Crippen LogP contribution in [0.15, 0.2) is 12.2 Å². The summed E-state index contributed by atoms with van der Waals surface area (Å²) in [5.41, 5.74) is -0.0896. The molecule has 0 saturated heterocycles. The van der Waals surface area contributed by atoms with Crippen molar-refractivity contribution < 1.29 is 9.53 Å². The van der Waals surface area contributed by atoms with E-state index in [9.17, 15) is 4.79 Å². The van der Waals surface area contributed by atoms with Crippen LogP contribution in [0.1, 0.15) is 38.5 Å². The molecule has 2 atom stereocenters. The number of hydrogen-bond donors (Lipinski definition) is 1. The molecule has 4 heteroatoms. The number of amides is 1. The molecular formula is C12H18INO2. The minimum atomic E-state index is -0.293. The smallest absolute Gasteiger partial charge is 0.407 e. The maximum Gasteiger partial charge on any atom is 0.407 e. The quantitative estimate of drug-likeness (QED) is 0.454. The summed E-state index contributed by atoms with van der Waals surface area (Å²) in [5.74, 6) is 0. The highest BCUT2D eigenvalue weighted by Gasteiger charge is 2.52. The van der Waals surface area contributed by atoms with E-state index in [-0.39, 0.29) is 15.1 Å². The molecular weight excluding hydrogens is 317 g/mol. The molecule has 0 aliphatic heterocycles. The zero-order valence-electron chi connectivity index (χ0n) is 9.59. The zero-order chi connectivity index (χ0) is 11.6. The van der Waals surface area contributed by atoms with Crippen molar-refractivity contribution >= 4 is 28.7 Å². The molecule has 1 saturated carbocycles. The van der Waals surface area contributed by atoms with E-state index in [1.807, 2.05) is 0 Å². The van der Waals surface area contributed by atoms with E-state index in [0.717, 1.165) is 19.3 Å². The van der Waals surface area contributed by atoms with Gasteiger partial charge in [0, 0.05) is 3.42 Å². The second-order valence-electron chi connectivity index (χ2n) is 4.75. The number of nitrogens with one attached hydrogen (secondary N) is 1. The summed E-state index contributed by atoms with van der Waals surface area (Å²) >= 11 is 2.55. The van der Waals surface area contributed by atoms with Crippen LogP contribution in [0.4, 0.5) is 4.79 Å². The van der Waals surface area contributed by atoms with Gasteiger partial charge in [0.25, 0.3) is 0 Å². The Balaban J connectivity index is 2.25. The van der Waals surface area contributed by atoms with E-state index < -0.39 is 0 Å². The SMILES string of the molecule is COC(=O)N[C@@]12CC=CC[C@]1(I)CCCC2. The van der Waals surface area contributed by atoms with E-state index in [2.05, 4.69) is 40.1 Å². The number of methoxy groups -OCH3 is 1. The van der Waals surface area contributed by atoms with E-state index in [0.29, 0.717) is 0 Å². The number of carbonyl (C=O) groups excluding carboxylic acids is 1. The van der Waals surface area contributed by atoms with Gasteiger partial charge >= 0.3 is 6.09 Å². The molecule has 0 heterocycles. The van der Waals surface area contributed by atoms with Crippen molar-refractivity contribution in [1.29, 1.82) is 0 Å². The first-order valence-corrected chi connectivity index (χ1v) is 6.90. The molecule has 3 nitrogen and oxygen atoms in total. The highest BCUT2D eigenvalue weighted by molar-refractivity contribution is 14.1. The minimum Gasteiger partial charge on any atom is -0.453 e. The summed E-state index contributed by atoms with van der Waals surface area (Å²) < 4.78 is 4.94. The molecule has 16 heavy (non-hydrogen) atoms. The third-order valence-electron chi connectivity index (χ3n) is 3.89. The number of fused-ring (bicyclic) bond motifs is 1. The van der Waals surface area contributed by atoms with Gasteiger partial charge in [-0.05, 0) is 25.7 Å². The van der Waals surface area contributed by atoms with E-state index in [4.69, 9.17) is 4.74 Å². The minimum absolute atomic E-state index is 0.0896. The Bertz CT molecular complexity index is 318. The van der Waals surface area contributed by atoms with Gasteiger partial charge in [0.1, 0.15) is 0 Å². The molecule has 0 aromatic heterocycles. The molecule has 0 spiro atoms. The molecule has 2 aliphatic rings. The Kier molecular flexibility index (Phi) is 3.47. The fourth-order valence-corrected chi connectivity index (χ4v) is 4.16. The lowest BCUT2D eigenvalue weighted by Gasteiger charge is -2.52. The van der Waals surface area contributed by atoms with E-state index in [1.165, 1.54) is 26.4 Å². The third-order valence-corrected chi connectivity index (χ3v) is 5.90. The second kappa shape index (κ2) is 4.55. The number of alkyl halides is 1. The Morgan fingerprint density at radius 2 is 2.00 bits per heavy atom. The lowest BCUT2D eigenvalue weighted by molar-refractivity contribution is 0.128. The number of allylic oxidation sites excluding steroid dienone is 1. The Morgan fingerprint density at radius 3 is 2.75 bits per heavy atom. The van der Waals surface area contributed by atoms with Crippen molar-refractivity contribution in [2.45, 2.75) is 47.5 Å². The number of ether oxygens (including phenoxy) is 1. The molecule has 0 aromatic carbocycles. The maximum atomic E-state index is 11.5. The topological polar surface area (TPSA) is 38.3 Å². The number of halogens is 1. The van der Waals surface area contributed by atoms with Crippen molar-refractivity contribution in [3.63, 3.8) is 0 Å². The standard InChI is InChI=1S/C12H18INO2/c1-16-10(15)14-12-8-4-2-6-11(12,13)7-3-5-9-12/h2,4H,3,5-9H2,1H3,(H,14,15)/t11-,12+/m0/s1. The summed E-state index contributed by atoms with van der Waals surface area (Å²) in [4.78, 5) is 11.5. The van der Waals surface area contributed by atoms with Gasteiger partial charge in [-0.1, -0.05) is 47.6 Å². The van der Waals surface area contributed by atoms with Crippen LogP contribution in [0.3, 0.4) is 0 Å². The highest BCUT2D eigenvalue weighted by atomic mass is 127. The normalized spacial score (nSPS) is 37.6. The van der Waals surface area contributed by atoms with Crippen LogP contribution in [0, 0.1) is 0 Å².